The van der Waals surface area contributed by atoms with Gasteiger partial charge in [0.2, 0.25) is 5.91 Å². The second-order valence-electron chi connectivity index (χ2n) is 5.54. The summed E-state index contributed by atoms with van der Waals surface area (Å²) in [6.45, 7) is 2.38. The van der Waals surface area contributed by atoms with Gasteiger partial charge in [-0.3, -0.25) is 9.69 Å². The third kappa shape index (κ3) is 5.12. The van der Waals surface area contributed by atoms with E-state index < -0.39 is 0 Å². The standard InChI is InChI=1S/C13H25N3O.ClH/c14-11-7-8-16(9-11)10-13(17)15-12-5-3-1-2-4-6-12;/h11-12H,1-10,14H2,(H,15,17);1H. The van der Waals surface area contributed by atoms with Gasteiger partial charge in [-0.2, -0.15) is 0 Å². The molecule has 1 heterocycles. The molecule has 0 aromatic rings. The highest BCUT2D eigenvalue weighted by Gasteiger charge is 2.22. The minimum absolute atomic E-state index is 0. The molecule has 0 bridgehead atoms. The number of rotatable bonds is 3. The Morgan fingerprint density at radius 3 is 2.39 bits per heavy atom. The van der Waals surface area contributed by atoms with Crippen molar-refractivity contribution < 1.29 is 4.79 Å². The molecule has 1 aliphatic carbocycles. The van der Waals surface area contributed by atoms with Gasteiger partial charge in [-0.15, -0.1) is 12.4 Å². The van der Waals surface area contributed by atoms with E-state index in [4.69, 9.17) is 5.73 Å². The first-order chi connectivity index (χ1) is 8.24. The molecule has 2 fully saturated rings. The molecule has 1 aliphatic heterocycles. The van der Waals surface area contributed by atoms with Crippen molar-refractivity contribution in [2.24, 2.45) is 5.73 Å². The van der Waals surface area contributed by atoms with Gasteiger partial charge in [-0.05, 0) is 19.3 Å². The topological polar surface area (TPSA) is 58.4 Å². The average molecular weight is 276 g/mol. The predicted octanol–water partition coefficient (Wildman–Crippen LogP) is 1.28. The van der Waals surface area contributed by atoms with Gasteiger partial charge in [-0.1, -0.05) is 25.7 Å². The first-order valence-electron chi connectivity index (χ1n) is 7.01. The lowest BCUT2D eigenvalue weighted by Gasteiger charge is -2.19. The fraction of sp³-hybridized carbons (Fsp3) is 0.923. The van der Waals surface area contributed by atoms with Crippen molar-refractivity contribution in [1.82, 2.24) is 10.2 Å². The van der Waals surface area contributed by atoms with E-state index in [0.29, 0.717) is 12.6 Å². The number of carbonyl (C=O) groups is 1. The number of hydrogen-bond donors (Lipinski definition) is 2. The number of carbonyl (C=O) groups excluding carboxylic acids is 1. The molecule has 1 amide bonds. The Morgan fingerprint density at radius 1 is 1.17 bits per heavy atom. The number of halogens is 1. The van der Waals surface area contributed by atoms with E-state index >= 15 is 0 Å². The average Bonchev–Trinajstić information content (AvgIpc) is 2.53. The predicted molar refractivity (Wildman–Crippen MR) is 75.9 cm³/mol. The van der Waals surface area contributed by atoms with Crippen LogP contribution in [-0.2, 0) is 4.79 Å². The summed E-state index contributed by atoms with van der Waals surface area (Å²) >= 11 is 0. The highest BCUT2D eigenvalue weighted by Crippen LogP contribution is 2.17. The number of nitrogens with one attached hydrogen (secondary N) is 1. The summed E-state index contributed by atoms with van der Waals surface area (Å²) in [5, 5.41) is 3.18. The molecule has 0 aromatic carbocycles. The SMILES string of the molecule is Cl.NC1CCN(CC(=O)NC2CCCCCC2)C1. The van der Waals surface area contributed by atoms with Gasteiger partial charge in [0.15, 0.2) is 0 Å². The normalized spacial score (nSPS) is 26.4. The van der Waals surface area contributed by atoms with Crippen molar-refractivity contribution in [2.75, 3.05) is 19.6 Å². The second kappa shape index (κ2) is 7.97. The van der Waals surface area contributed by atoms with E-state index in [1.807, 2.05) is 0 Å². The third-order valence-electron chi connectivity index (χ3n) is 3.90. The maximum absolute atomic E-state index is 11.9. The van der Waals surface area contributed by atoms with Crippen LogP contribution in [0.5, 0.6) is 0 Å². The zero-order valence-corrected chi connectivity index (χ0v) is 11.9. The lowest BCUT2D eigenvalue weighted by Crippen LogP contribution is -2.41. The molecule has 4 nitrogen and oxygen atoms in total. The minimum atomic E-state index is 0. The van der Waals surface area contributed by atoms with Crippen molar-refractivity contribution in [3.05, 3.63) is 0 Å². The van der Waals surface area contributed by atoms with Crippen molar-refractivity contribution in [1.29, 1.82) is 0 Å². The Bertz CT molecular complexity index is 255. The molecular formula is C13H26ClN3O. The highest BCUT2D eigenvalue weighted by atomic mass is 35.5. The zero-order chi connectivity index (χ0) is 12.1. The van der Waals surface area contributed by atoms with Crippen LogP contribution in [0.1, 0.15) is 44.9 Å². The van der Waals surface area contributed by atoms with Crippen LogP contribution in [0.25, 0.3) is 0 Å². The molecule has 106 valence electrons. The van der Waals surface area contributed by atoms with Crippen molar-refractivity contribution >= 4 is 18.3 Å². The van der Waals surface area contributed by atoms with E-state index in [1.165, 1.54) is 25.7 Å². The quantitative estimate of drug-likeness (QED) is 0.763. The van der Waals surface area contributed by atoms with E-state index in [2.05, 4.69) is 10.2 Å². The summed E-state index contributed by atoms with van der Waals surface area (Å²) in [5.41, 5.74) is 5.83. The molecule has 2 rings (SSSR count). The van der Waals surface area contributed by atoms with Gasteiger partial charge in [0.1, 0.15) is 0 Å². The summed E-state index contributed by atoms with van der Waals surface area (Å²) in [5.74, 6) is 0.186. The molecule has 3 N–H and O–H groups in total. The lowest BCUT2D eigenvalue weighted by molar-refractivity contribution is -0.122. The third-order valence-corrected chi connectivity index (χ3v) is 3.90. The van der Waals surface area contributed by atoms with Gasteiger partial charge < -0.3 is 11.1 Å². The second-order valence-corrected chi connectivity index (χ2v) is 5.54. The van der Waals surface area contributed by atoms with Crippen LogP contribution in [0.15, 0.2) is 0 Å². The first-order valence-corrected chi connectivity index (χ1v) is 7.01. The Morgan fingerprint density at radius 2 is 1.83 bits per heavy atom. The molecule has 1 atom stereocenters. The van der Waals surface area contributed by atoms with Crippen LogP contribution in [0.3, 0.4) is 0 Å². The van der Waals surface area contributed by atoms with Gasteiger partial charge in [0.25, 0.3) is 0 Å². The van der Waals surface area contributed by atoms with Gasteiger partial charge in [0.05, 0.1) is 6.54 Å². The Balaban J connectivity index is 0.00000162. The minimum Gasteiger partial charge on any atom is -0.352 e. The van der Waals surface area contributed by atoms with Crippen molar-refractivity contribution in [2.45, 2.75) is 57.0 Å². The summed E-state index contributed by atoms with van der Waals surface area (Å²) < 4.78 is 0. The van der Waals surface area contributed by atoms with Crippen LogP contribution in [-0.4, -0.2) is 42.5 Å². The molecule has 18 heavy (non-hydrogen) atoms. The lowest BCUT2D eigenvalue weighted by atomic mass is 10.1. The Kier molecular flexibility index (Phi) is 6.97. The Labute approximate surface area is 116 Å². The van der Waals surface area contributed by atoms with Crippen LogP contribution in [0.4, 0.5) is 0 Å². The first kappa shape index (κ1) is 15.7. The van der Waals surface area contributed by atoms with Crippen LogP contribution >= 0.6 is 12.4 Å². The van der Waals surface area contributed by atoms with Crippen molar-refractivity contribution in [3.8, 4) is 0 Å². The molecule has 1 unspecified atom stereocenters. The maximum Gasteiger partial charge on any atom is 0.234 e. The number of amides is 1. The smallest absolute Gasteiger partial charge is 0.234 e. The largest absolute Gasteiger partial charge is 0.352 e. The molecule has 1 saturated heterocycles. The van der Waals surface area contributed by atoms with E-state index in [1.54, 1.807) is 0 Å². The maximum atomic E-state index is 11.9. The fourth-order valence-electron chi connectivity index (χ4n) is 2.91. The van der Waals surface area contributed by atoms with Crippen LogP contribution in [0, 0.1) is 0 Å². The number of nitrogens with zero attached hydrogens (tertiary/aromatic N) is 1. The Hall–Kier alpha value is -0.320. The van der Waals surface area contributed by atoms with E-state index in [0.717, 1.165) is 32.4 Å². The molecule has 1 saturated carbocycles. The monoisotopic (exact) mass is 275 g/mol. The summed E-state index contributed by atoms with van der Waals surface area (Å²) in [7, 11) is 0. The van der Waals surface area contributed by atoms with Crippen LogP contribution in [0.2, 0.25) is 0 Å². The van der Waals surface area contributed by atoms with Crippen LogP contribution < -0.4 is 11.1 Å². The zero-order valence-electron chi connectivity index (χ0n) is 11.1. The highest BCUT2D eigenvalue weighted by molar-refractivity contribution is 5.85. The molecule has 0 aromatic heterocycles. The number of nitrogens with two attached hydrogens (primary N) is 1. The number of hydrogen-bond acceptors (Lipinski definition) is 3. The van der Waals surface area contributed by atoms with E-state index in [9.17, 15) is 4.79 Å². The molecule has 2 aliphatic rings. The molecule has 5 heteroatoms. The summed E-state index contributed by atoms with van der Waals surface area (Å²) in [4.78, 5) is 14.1. The summed E-state index contributed by atoms with van der Waals surface area (Å²) in [6, 6.07) is 0.682. The van der Waals surface area contributed by atoms with Gasteiger partial charge >= 0.3 is 0 Å². The van der Waals surface area contributed by atoms with Gasteiger partial charge in [-0.25, -0.2) is 0 Å². The molecule has 0 spiro atoms. The molecular weight excluding hydrogens is 250 g/mol. The van der Waals surface area contributed by atoms with E-state index in [-0.39, 0.29) is 24.4 Å². The molecule has 0 radical (unpaired) electrons. The van der Waals surface area contributed by atoms with Crippen molar-refractivity contribution in [3.63, 3.8) is 0 Å². The summed E-state index contributed by atoms with van der Waals surface area (Å²) in [6.07, 6.45) is 8.52. The fourth-order valence-corrected chi connectivity index (χ4v) is 2.91. The van der Waals surface area contributed by atoms with Gasteiger partial charge in [0, 0.05) is 25.2 Å². The number of likely N-dealkylation sites (tertiary alicyclic amines) is 1.